The third-order valence-electron chi connectivity index (χ3n) is 5.64. The lowest BCUT2D eigenvalue weighted by molar-refractivity contribution is 0.0997. The van der Waals surface area contributed by atoms with Gasteiger partial charge in [0.15, 0.2) is 4.80 Å². The van der Waals surface area contributed by atoms with E-state index in [0.717, 1.165) is 21.5 Å². The van der Waals surface area contributed by atoms with Crippen LogP contribution in [0, 0.1) is 0 Å². The number of anilines is 1. The van der Waals surface area contributed by atoms with Crippen molar-refractivity contribution in [1.29, 1.82) is 0 Å². The zero-order chi connectivity index (χ0) is 22.3. The van der Waals surface area contributed by atoms with Crippen LogP contribution in [0.3, 0.4) is 0 Å². The minimum absolute atomic E-state index is 0.163. The normalized spacial score (nSPS) is 14.2. The van der Waals surface area contributed by atoms with Gasteiger partial charge in [-0.2, -0.15) is 4.99 Å². The summed E-state index contributed by atoms with van der Waals surface area (Å²) in [5, 5.41) is 0. The summed E-state index contributed by atoms with van der Waals surface area (Å²) in [6.45, 7) is 3.13. The standard InChI is InChI=1S/C24H21N3O3S2/c1-2-26-21-9-5-6-10-22(21)31-24(26)25-23(28)18-11-13-19(14-12-18)32(29,30)27-16-15-17-7-3-4-8-20(17)27/h3-14H,2,15-16H2,1H3. The molecule has 1 aliphatic heterocycles. The smallest absolute Gasteiger partial charge is 0.279 e. The largest absolute Gasteiger partial charge is 0.317 e. The second-order valence-corrected chi connectivity index (χ2v) is 10.4. The fraction of sp³-hybridized carbons (Fsp3) is 0.167. The molecule has 6 nitrogen and oxygen atoms in total. The molecule has 0 atom stereocenters. The molecule has 4 aromatic rings. The predicted molar refractivity (Wildman–Crippen MR) is 127 cm³/mol. The number of fused-ring (bicyclic) bond motifs is 2. The third kappa shape index (κ3) is 3.45. The second kappa shape index (κ2) is 8.03. The van der Waals surface area contributed by atoms with E-state index >= 15 is 0 Å². The van der Waals surface area contributed by atoms with Gasteiger partial charge in [-0.1, -0.05) is 41.7 Å². The number of hydrogen-bond donors (Lipinski definition) is 0. The number of hydrogen-bond acceptors (Lipinski definition) is 4. The summed E-state index contributed by atoms with van der Waals surface area (Å²) in [7, 11) is -3.69. The fourth-order valence-corrected chi connectivity index (χ4v) is 6.61. The molecule has 1 amide bonds. The van der Waals surface area contributed by atoms with Crippen molar-refractivity contribution in [2.24, 2.45) is 4.99 Å². The molecule has 1 aromatic heterocycles. The van der Waals surface area contributed by atoms with Crippen LogP contribution < -0.4 is 9.11 Å². The van der Waals surface area contributed by atoms with Gasteiger partial charge in [0.05, 0.1) is 20.8 Å². The van der Waals surface area contributed by atoms with E-state index in [4.69, 9.17) is 0 Å². The van der Waals surface area contributed by atoms with Gasteiger partial charge in [-0.05, 0) is 61.4 Å². The quantitative estimate of drug-likeness (QED) is 0.455. The maximum absolute atomic E-state index is 13.2. The molecule has 5 rings (SSSR count). The average Bonchev–Trinajstić information content (AvgIpc) is 3.40. The van der Waals surface area contributed by atoms with Crippen LogP contribution in [-0.4, -0.2) is 25.4 Å². The number of carbonyl (C=O) groups excluding carboxylic acids is 1. The fourth-order valence-electron chi connectivity index (χ4n) is 4.02. The van der Waals surface area contributed by atoms with Crippen molar-refractivity contribution >= 4 is 43.2 Å². The van der Waals surface area contributed by atoms with Crippen LogP contribution in [0.1, 0.15) is 22.8 Å². The molecule has 0 radical (unpaired) electrons. The van der Waals surface area contributed by atoms with E-state index in [2.05, 4.69) is 4.99 Å². The average molecular weight is 464 g/mol. The van der Waals surface area contributed by atoms with Gasteiger partial charge >= 0.3 is 0 Å². The van der Waals surface area contributed by atoms with Crippen LogP contribution in [0.5, 0.6) is 0 Å². The van der Waals surface area contributed by atoms with Crippen molar-refractivity contribution in [1.82, 2.24) is 4.57 Å². The molecule has 8 heteroatoms. The first-order valence-corrected chi connectivity index (χ1v) is 12.6. The van der Waals surface area contributed by atoms with E-state index in [0.29, 0.717) is 29.9 Å². The van der Waals surface area contributed by atoms with E-state index in [9.17, 15) is 13.2 Å². The molecule has 0 saturated heterocycles. The lowest BCUT2D eigenvalue weighted by Crippen LogP contribution is -2.29. The summed E-state index contributed by atoms with van der Waals surface area (Å²) in [6, 6.07) is 21.5. The van der Waals surface area contributed by atoms with Crippen LogP contribution in [0.15, 0.2) is 82.7 Å². The maximum Gasteiger partial charge on any atom is 0.279 e. The van der Waals surface area contributed by atoms with Crippen LogP contribution >= 0.6 is 11.3 Å². The lowest BCUT2D eigenvalue weighted by atomic mass is 10.2. The molecule has 0 saturated carbocycles. The number of amides is 1. The van der Waals surface area contributed by atoms with Crippen molar-refractivity contribution in [3.63, 3.8) is 0 Å². The van der Waals surface area contributed by atoms with Gasteiger partial charge in [0.25, 0.3) is 15.9 Å². The van der Waals surface area contributed by atoms with E-state index in [-0.39, 0.29) is 4.90 Å². The minimum Gasteiger partial charge on any atom is -0.317 e. The van der Waals surface area contributed by atoms with Crippen LogP contribution in [0.25, 0.3) is 10.2 Å². The minimum atomic E-state index is -3.69. The summed E-state index contributed by atoms with van der Waals surface area (Å²) < 4.78 is 30.8. The topological polar surface area (TPSA) is 71.7 Å². The zero-order valence-corrected chi connectivity index (χ0v) is 19.1. The van der Waals surface area contributed by atoms with Crippen molar-refractivity contribution in [3.05, 3.63) is 88.7 Å². The number of aryl methyl sites for hydroxylation is 1. The zero-order valence-electron chi connectivity index (χ0n) is 17.4. The first kappa shape index (κ1) is 20.7. The molecular weight excluding hydrogens is 442 g/mol. The summed E-state index contributed by atoms with van der Waals surface area (Å²) in [5.41, 5.74) is 3.13. The van der Waals surface area contributed by atoms with Crippen LogP contribution in [0.2, 0.25) is 0 Å². The van der Waals surface area contributed by atoms with Crippen molar-refractivity contribution in [3.8, 4) is 0 Å². The molecule has 0 N–H and O–H groups in total. The number of carbonyl (C=O) groups is 1. The highest BCUT2D eigenvalue weighted by Crippen LogP contribution is 2.32. The van der Waals surface area contributed by atoms with Crippen molar-refractivity contribution in [2.45, 2.75) is 24.8 Å². The monoisotopic (exact) mass is 463 g/mol. The van der Waals surface area contributed by atoms with Crippen molar-refractivity contribution in [2.75, 3.05) is 10.8 Å². The Bertz CT molecular complexity index is 1500. The molecule has 0 bridgehead atoms. The number of para-hydroxylation sites is 2. The summed E-state index contributed by atoms with van der Waals surface area (Å²) >= 11 is 1.46. The Morgan fingerprint density at radius 3 is 2.50 bits per heavy atom. The first-order chi connectivity index (χ1) is 15.5. The third-order valence-corrected chi connectivity index (χ3v) is 8.52. The number of rotatable bonds is 4. The Hall–Kier alpha value is -3.23. The Morgan fingerprint density at radius 2 is 1.72 bits per heavy atom. The Balaban J connectivity index is 1.46. The second-order valence-electron chi connectivity index (χ2n) is 7.49. The van der Waals surface area contributed by atoms with Gasteiger partial charge in [-0.15, -0.1) is 0 Å². The molecule has 1 aliphatic rings. The lowest BCUT2D eigenvalue weighted by Gasteiger charge is -2.19. The number of thiazole rings is 1. The summed E-state index contributed by atoms with van der Waals surface area (Å²) in [5.74, 6) is -0.394. The summed E-state index contributed by atoms with van der Waals surface area (Å²) in [4.78, 5) is 17.9. The molecule has 0 unspecified atom stereocenters. The number of nitrogens with zero attached hydrogens (tertiary/aromatic N) is 3. The van der Waals surface area contributed by atoms with Gasteiger partial charge in [0.2, 0.25) is 0 Å². The first-order valence-electron chi connectivity index (χ1n) is 10.4. The summed E-state index contributed by atoms with van der Waals surface area (Å²) in [6.07, 6.45) is 0.692. The molecule has 162 valence electrons. The van der Waals surface area contributed by atoms with E-state index in [1.54, 1.807) is 0 Å². The van der Waals surface area contributed by atoms with E-state index in [1.807, 2.05) is 60.0 Å². The highest BCUT2D eigenvalue weighted by molar-refractivity contribution is 7.92. The number of benzene rings is 3. The van der Waals surface area contributed by atoms with Crippen LogP contribution in [-0.2, 0) is 23.0 Å². The predicted octanol–water partition coefficient (Wildman–Crippen LogP) is 4.22. The molecule has 32 heavy (non-hydrogen) atoms. The Morgan fingerprint density at radius 1 is 1.00 bits per heavy atom. The van der Waals surface area contributed by atoms with Crippen LogP contribution in [0.4, 0.5) is 5.69 Å². The van der Waals surface area contributed by atoms with Gasteiger partial charge in [-0.25, -0.2) is 8.42 Å². The van der Waals surface area contributed by atoms with Gasteiger partial charge in [-0.3, -0.25) is 9.10 Å². The number of aromatic nitrogens is 1. The molecule has 0 fully saturated rings. The molecule has 0 aliphatic carbocycles. The maximum atomic E-state index is 13.2. The molecule has 2 heterocycles. The van der Waals surface area contributed by atoms with Gasteiger partial charge < -0.3 is 4.57 Å². The van der Waals surface area contributed by atoms with E-state index < -0.39 is 15.9 Å². The molecule has 0 spiro atoms. The molecule has 3 aromatic carbocycles. The Kier molecular flexibility index (Phi) is 5.19. The van der Waals surface area contributed by atoms with E-state index in [1.165, 1.54) is 39.9 Å². The number of sulfonamides is 1. The highest BCUT2D eigenvalue weighted by Gasteiger charge is 2.30. The Labute approximate surface area is 190 Å². The highest BCUT2D eigenvalue weighted by atomic mass is 32.2. The van der Waals surface area contributed by atoms with Gasteiger partial charge in [0.1, 0.15) is 0 Å². The van der Waals surface area contributed by atoms with Crippen molar-refractivity contribution < 1.29 is 13.2 Å². The van der Waals surface area contributed by atoms with Gasteiger partial charge in [0, 0.05) is 18.7 Å². The SMILES string of the molecule is CCn1c(=NC(=O)c2ccc(S(=O)(=O)N3CCc4ccccc43)cc2)sc2ccccc21. The molecular formula is C24H21N3O3S2.